The third-order valence-corrected chi connectivity index (χ3v) is 2.70. The Kier molecular flexibility index (Phi) is 3.58. The average molecular weight is 257 g/mol. The van der Waals surface area contributed by atoms with Crippen LogP contribution in [0.1, 0.15) is 16.8 Å². The summed E-state index contributed by atoms with van der Waals surface area (Å²) in [5.74, 6) is 0.741. The summed E-state index contributed by atoms with van der Waals surface area (Å²) in [6, 6.07) is 11.8. The van der Waals surface area contributed by atoms with E-state index in [0.29, 0.717) is 10.7 Å². The van der Waals surface area contributed by atoms with Gasteiger partial charge in [0.2, 0.25) is 0 Å². The average Bonchev–Trinajstić information content (AvgIpc) is 2.27. The third kappa shape index (κ3) is 3.05. The Bertz CT molecular complexity index is 573. The fraction of sp³-hybridized carbons (Fsp3) is 0.143. The maximum absolute atomic E-state index is 5.57. The highest BCUT2D eigenvalue weighted by Gasteiger charge is 2.01. The zero-order chi connectivity index (χ0) is 13.1. The standard InChI is InChI=1S/C14H15N3S/c1-9-6-10(2)8-11(7-9)16-13-5-3-4-12(17-13)14(15)18/h3-8H,1-2H3,(H2,15,18)(H,16,17). The number of thiocarbonyl (C=S) groups is 1. The van der Waals surface area contributed by atoms with Crippen LogP contribution in [0.15, 0.2) is 36.4 Å². The second-order valence-electron chi connectivity index (χ2n) is 4.27. The number of nitrogens with one attached hydrogen (secondary N) is 1. The van der Waals surface area contributed by atoms with Crippen LogP contribution in [0.2, 0.25) is 0 Å². The van der Waals surface area contributed by atoms with E-state index in [0.717, 1.165) is 11.5 Å². The van der Waals surface area contributed by atoms with Gasteiger partial charge in [-0.3, -0.25) is 0 Å². The lowest BCUT2D eigenvalue weighted by Gasteiger charge is -2.09. The van der Waals surface area contributed by atoms with Crippen LogP contribution in [0.25, 0.3) is 0 Å². The SMILES string of the molecule is Cc1cc(C)cc(Nc2cccc(C(N)=S)n2)c1. The van der Waals surface area contributed by atoms with Crippen molar-refractivity contribution in [2.45, 2.75) is 13.8 Å². The van der Waals surface area contributed by atoms with Gasteiger partial charge in [-0.05, 0) is 49.2 Å². The summed E-state index contributed by atoms with van der Waals surface area (Å²) < 4.78 is 0. The molecule has 4 heteroatoms. The Labute approximate surface area is 112 Å². The van der Waals surface area contributed by atoms with E-state index in [9.17, 15) is 0 Å². The highest BCUT2D eigenvalue weighted by molar-refractivity contribution is 7.80. The fourth-order valence-corrected chi connectivity index (χ4v) is 1.95. The number of nitrogens with two attached hydrogens (primary N) is 1. The first-order valence-corrected chi connectivity index (χ1v) is 6.07. The van der Waals surface area contributed by atoms with Crippen LogP contribution in [-0.2, 0) is 0 Å². The molecule has 3 nitrogen and oxygen atoms in total. The van der Waals surface area contributed by atoms with Crippen molar-refractivity contribution < 1.29 is 0 Å². The Morgan fingerprint density at radius 1 is 1.17 bits per heavy atom. The van der Waals surface area contributed by atoms with E-state index < -0.39 is 0 Å². The van der Waals surface area contributed by atoms with Crippen LogP contribution in [-0.4, -0.2) is 9.97 Å². The summed E-state index contributed by atoms with van der Waals surface area (Å²) in [4.78, 5) is 4.65. The lowest BCUT2D eigenvalue weighted by Crippen LogP contribution is -2.12. The van der Waals surface area contributed by atoms with E-state index in [1.807, 2.05) is 12.1 Å². The lowest BCUT2D eigenvalue weighted by atomic mass is 10.1. The van der Waals surface area contributed by atoms with E-state index in [4.69, 9.17) is 18.0 Å². The monoisotopic (exact) mass is 257 g/mol. The Morgan fingerprint density at radius 3 is 2.44 bits per heavy atom. The van der Waals surface area contributed by atoms with E-state index >= 15 is 0 Å². The molecular formula is C14H15N3S. The van der Waals surface area contributed by atoms with Crippen molar-refractivity contribution in [2.24, 2.45) is 5.73 Å². The van der Waals surface area contributed by atoms with Crippen LogP contribution in [0, 0.1) is 13.8 Å². The van der Waals surface area contributed by atoms with Crippen molar-refractivity contribution in [3.63, 3.8) is 0 Å². The number of aryl methyl sites for hydroxylation is 2. The predicted molar refractivity (Wildman–Crippen MR) is 79.3 cm³/mol. The molecule has 0 aliphatic carbocycles. The molecule has 0 saturated carbocycles. The molecular weight excluding hydrogens is 242 g/mol. The molecule has 0 fully saturated rings. The summed E-state index contributed by atoms with van der Waals surface area (Å²) in [5.41, 5.74) is 9.63. The number of benzene rings is 1. The molecule has 0 radical (unpaired) electrons. The first kappa shape index (κ1) is 12.5. The molecule has 1 aromatic heterocycles. The smallest absolute Gasteiger partial charge is 0.131 e. The van der Waals surface area contributed by atoms with Crippen LogP contribution in [0.3, 0.4) is 0 Å². The molecule has 92 valence electrons. The number of nitrogens with zero attached hydrogens (tertiary/aromatic N) is 1. The van der Waals surface area contributed by atoms with Crippen molar-refractivity contribution in [1.29, 1.82) is 0 Å². The summed E-state index contributed by atoms with van der Waals surface area (Å²) >= 11 is 4.92. The maximum atomic E-state index is 5.57. The number of pyridine rings is 1. The molecule has 0 unspecified atom stereocenters. The number of hydrogen-bond acceptors (Lipinski definition) is 3. The van der Waals surface area contributed by atoms with Gasteiger partial charge in [-0.25, -0.2) is 4.98 Å². The molecule has 1 heterocycles. The largest absolute Gasteiger partial charge is 0.388 e. The molecule has 3 N–H and O–H groups in total. The molecule has 2 aromatic rings. The first-order valence-electron chi connectivity index (χ1n) is 5.67. The van der Waals surface area contributed by atoms with Gasteiger partial charge in [0.15, 0.2) is 0 Å². The topological polar surface area (TPSA) is 50.9 Å². The van der Waals surface area contributed by atoms with Crippen molar-refractivity contribution in [3.8, 4) is 0 Å². The minimum absolute atomic E-state index is 0.305. The second kappa shape index (κ2) is 5.14. The van der Waals surface area contributed by atoms with Crippen molar-refractivity contribution in [3.05, 3.63) is 53.2 Å². The van der Waals surface area contributed by atoms with Crippen LogP contribution >= 0.6 is 12.2 Å². The Hall–Kier alpha value is -1.94. The van der Waals surface area contributed by atoms with Crippen molar-refractivity contribution >= 4 is 28.7 Å². The second-order valence-corrected chi connectivity index (χ2v) is 4.71. The van der Waals surface area contributed by atoms with Crippen LogP contribution in [0.5, 0.6) is 0 Å². The first-order chi connectivity index (χ1) is 8.54. The van der Waals surface area contributed by atoms with E-state index in [1.165, 1.54) is 11.1 Å². The van der Waals surface area contributed by atoms with Gasteiger partial charge < -0.3 is 11.1 Å². The van der Waals surface area contributed by atoms with E-state index in [2.05, 4.69) is 42.3 Å². The summed E-state index contributed by atoms with van der Waals surface area (Å²) in [6.45, 7) is 4.13. The predicted octanol–water partition coefficient (Wildman–Crippen LogP) is 3.08. The maximum Gasteiger partial charge on any atom is 0.131 e. The molecule has 0 saturated heterocycles. The molecule has 0 amide bonds. The normalized spacial score (nSPS) is 10.1. The van der Waals surface area contributed by atoms with Gasteiger partial charge in [-0.2, -0.15) is 0 Å². The van der Waals surface area contributed by atoms with Crippen molar-refractivity contribution in [1.82, 2.24) is 4.98 Å². The van der Waals surface area contributed by atoms with E-state index in [-0.39, 0.29) is 0 Å². The van der Waals surface area contributed by atoms with Gasteiger partial charge in [0.25, 0.3) is 0 Å². The highest BCUT2D eigenvalue weighted by atomic mass is 32.1. The molecule has 0 aliphatic rings. The number of hydrogen-bond donors (Lipinski definition) is 2. The van der Waals surface area contributed by atoms with Gasteiger partial charge in [0, 0.05) is 5.69 Å². The quantitative estimate of drug-likeness (QED) is 0.830. The molecule has 18 heavy (non-hydrogen) atoms. The van der Waals surface area contributed by atoms with Crippen molar-refractivity contribution in [2.75, 3.05) is 5.32 Å². The number of aromatic nitrogens is 1. The van der Waals surface area contributed by atoms with E-state index in [1.54, 1.807) is 6.07 Å². The fourth-order valence-electron chi connectivity index (χ4n) is 1.84. The van der Waals surface area contributed by atoms with Crippen LogP contribution < -0.4 is 11.1 Å². The minimum atomic E-state index is 0.305. The zero-order valence-electron chi connectivity index (χ0n) is 10.4. The van der Waals surface area contributed by atoms with Gasteiger partial charge >= 0.3 is 0 Å². The van der Waals surface area contributed by atoms with Gasteiger partial charge in [-0.15, -0.1) is 0 Å². The molecule has 2 rings (SSSR count). The van der Waals surface area contributed by atoms with Gasteiger partial charge in [0.1, 0.15) is 10.8 Å². The highest BCUT2D eigenvalue weighted by Crippen LogP contribution is 2.18. The van der Waals surface area contributed by atoms with Gasteiger partial charge in [0.05, 0.1) is 5.69 Å². The molecule has 0 spiro atoms. The molecule has 0 aliphatic heterocycles. The Morgan fingerprint density at radius 2 is 1.83 bits per heavy atom. The van der Waals surface area contributed by atoms with Gasteiger partial charge in [-0.1, -0.05) is 24.4 Å². The number of rotatable bonds is 3. The lowest BCUT2D eigenvalue weighted by molar-refractivity contribution is 1.27. The zero-order valence-corrected chi connectivity index (χ0v) is 11.2. The summed E-state index contributed by atoms with van der Waals surface area (Å²) in [5, 5.41) is 3.25. The number of anilines is 2. The Balaban J connectivity index is 2.28. The molecule has 0 bridgehead atoms. The molecule has 0 atom stereocenters. The summed E-state index contributed by atoms with van der Waals surface area (Å²) in [7, 11) is 0. The third-order valence-electron chi connectivity index (χ3n) is 2.50. The minimum Gasteiger partial charge on any atom is -0.388 e. The summed E-state index contributed by atoms with van der Waals surface area (Å²) in [6.07, 6.45) is 0. The molecule has 1 aromatic carbocycles. The van der Waals surface area contributed by atoms with Crippen LogP contribution in [0.4, 0.5) is 11.5 Å².